The number of thiocarbonyl (C=S) groups is 1. The Balaban J connectivity index is 2.14. The first-order valence-electron chi connectivity index (χ1n) is 6.52. The first-order chi connectivity index (χ1) is 11.3. The van der Waals surface area contributed by atoms with Crippen LogP contribution in [-0.4, -0.2) is 23.1 Å². The van der Waals surface area contributed by atoms with E-state index in [-0.39, 0.29) is 15.8 Å². The summed E-state index contributed by atoms with van der Waals surface area (Å²) < 4.78 is 4.72. The maximum Gasteiger partial charge on any atom is 0.340 e. The molecule has 1 aromatic heterocycles. The number of carbonyl (C=O) groups is 1. The molecule has 2 aromatic rings. The highest BCUT2D eigenvalue weighted by atomic mass is 35.5. The minimum atomic E-state index is -0.538. The van der Waals surface area contributed by atoms with Gasteiger partial charge < -0.3 is 15.4 Å². The van der Waals surface area contributed by atoms with Crippen LogP contribution in [0.2, 0.25) is 5.02 Å². The van der Waals surface area contributed by atoms with E-state index in [1.54, 1.807) is 6.07 Å². The number of thiophene rings is 1. The molecule has 0 saturated carbocycles. The van der Waals surface area contributed by atoms with Crippen molar-refractivity contribution in [3.8, 4) is 0 Å². The molecule has 24 heavy (non-hydrogen) atoms. The summed E-state index contributed by atoms with van der Waals surface area (Å²) in [5.74, 6) is -0.474. The minimum Gasteiger partial charge on any atom is -0.465 e. The second kappa shape index (κ2) is 7.56. The molecule has 0 radical (unpaired) electrons. The fourth-order valence-electron chi connectivity index (χ4n) is 1.84. The van der Waals surface area contributed by atoms with E-state index in [0.717, 1.165) is 4.88 Å². The number of halogens is 1. The quantitative estimate of drug-likeness (QED) is 0.352. The summed E-state index contributed by atoms with van der Waals surface area (Å²) >= 11 is 12.5. The number of hydrogen-bond donors (Lipinski definition) is 2. The zero-order chi connectivity index (χ0) is 17.9. The molecule has 0 saturated heterocycles. The van der Waals surface area contributed by atoms with Crippen molar-refractivity contribution in [2.24, 2.45) is 0 Å². The smallest absolute Gasteiger partial charge is 0.340 e. The molecular weight excluding hydrogens is 374 g/mol. The third-order valence-electron chi connectivity index (χ3n) is 2.90. The van der Waals surface area contributed by atoms with E-state index in [1.807, 2.05) is 6.92 Å². The molecule has 0 fully saturated rings. The lowest BCUT2D eigenvalue weighted by Gasteiger charge is -2.11. The third-order valence-corrected chi connectivity index (χ3v) is 4.38. The van der Waals surface area contributed by atoms with Crippen LogP contribution >= 0.6 is 35.2 Å². The number of non-ortho nitro benzene ring substituents is 1. The predicted molar refractivity (Wildman–Crippen MR) is 98.3 cm³/mol. The zero-order valence-electron chi connectivity index (χ0n) is 12.6. The Bertz CT molecular complexity index is 822. The molecule has 1 heterocycles. The van der Waals surface area contributed by atoms with Gasteiger partial charge in [-0.15, -0.1) is 11.3 Å². The number of nitrogens with zero attached hydrogens (tertiary/aromatic N) is 1. The van der Waals surface area contributed by atoms with E-state index < -0.39 is 10.9 Å². The molecule has 2 N–H and O–H groups in total. The van der Waals surface area contributed by atoms with E-state index in [4.69, 9.17) is 28.6 Å². The summed E-state index contributed by atoms with van der Waals surface area (Å²) in [5.41, 5.74) is 0.665. The van der Waals surface area contributed by atoms with Gasteiger partial charge in [0.05, 0.1) is 28.3 Å². The molecule has 7 nitrogen and oxygen atoms in total. The topological polar surface area (TPSA) is 93.5 Å². The van der Waals surface area contributed by atoms with Gasteiger partial charge in [0.25, 0.3) is 5.69 Å². The number of rotatable bonds is 4. The molecule has 10 heteroatoms. The van der Waals surface area contributed by atoms with Gasteiger partial charge in [-0.3, -0.25) is 10.1 Å². The van der Waals surface area contributed by atoms with Gasteiger partial charge in [-0.1, -0.05) is 11.6 Å². The van der Waals surface area contributed by atoms with Crippen molar-refractivity contribution in [3.63, 3.8) is 0 Å². The van der Waals surface area contributed by atoms with E-state index in [1.165, 1.54) is 36.6 Å². The standard InChI is InChI=1S/C14H12ClN3O4S2/c1-7-5-9(13(19)22-2)12(24-7)17-14(23)16-11-4-3-8(18(20)21)6-10(11)15/h3-6H,1-2H3,(H2,16,17,23). The Morgan fingerprint density at radius 3 is 2.67 bits per heavy atom. The zero-order valence-corrected chi connectivity index (χ0v) is 15.0. The van der Waals surface area contributed by atoms with Crippen LogP contribution in [0.3, 0.4) is 0 Å². The number of benzene rings is 1. The summed E-state index contributed by atoms with van der Waals surface area (Å²) in [4.78, 5) is 22.8. The van der Waals surface area contributed by atoms with Crippen LogP contribution < -0.4 is 10.6 Å². The van der Waals surface area contributed by atoms with Crippen molar-refractivity contribution in [3.05, 3.63) is 49.8 Å². The van der Waals surface area contributed by atoms with Gasteiger partial charge in [0.15, 0.2) is 5.11 Å². The number of nitro benzene ring substituents is 1. The molecule has 2 rings (SSSR count). The van der Waals surface area contributed by atoms with Gasteiger partial charge in [-0.25, -0.2) is 4.79 Å². The molecule has 0 aliphatic heterocycles. The number of ether oxygens (including phenoxy) is 1. The lowest BCUT2D eigenvalue weighted by Crippen LogP contribution is -2.20. The van der Waals surface area contributed by atoms with E-state index in [9.17, 15) is 14.9 Å². The fraction of sp³-hybridized carbons (Fsp3) is 0.143. The summed E-state index contributed by atoms with van der Waals surface area (Å²) in [6.45, 7) is 1.85. The van der Waals surface area contributed by atoms with Crippen LogP contribution in [0.5, 0.6) is 0 Å². The fourth-order valence-corrected chi connectivity index (χ4v) is 3.25. The van der Waals surface area contributed by atoms with E-state index in [0.29, 0.717) is 16.3 Å². The van der Waals surface area contributed by atoms with Gasteiger partial charge in [0.2, 0.25) is 0 Å². The van der Waals surface area contributed by atoms with Gasteiger partial charge in [-0.2, -0.15) is 0 Å². The Labute approximate surface area is 151 Å². The van der Waals surface area contributed by atoms with Crippen molar-refractivity contribution in [2.45, 2.75) is 6.92 Å². The number of anilines is 2. The van der Waals surface area contributed by atoms with Gasteiger partial charge in [0, 0.05) is 17.0 Å². The highest BCUT2D eigenvalue weighted by Crippen LogP contribution is 2.30. The first kappa shape index (κ1) is 18.1. The van der Waals surface area contributed by atoms with Crippen molar-refractivity contribution in [1.29, 1.82) is 0 Å². The summed E-state index contributed by atoms with van der Waals surface area (Å²) in [6, 6.07) is 5.68. The highest BCUT2D eigenvalue weighted by Gasteiger charge is 2.17. The maximum atomic E-state index is 11.7. The first-order valence-corrected chi connectivity index (χ1v) is 8.12. The lowest BCUT2D eigenvalue weighted by molar-refractivity contribution is -0.384. The SMILES string of the molecule is COC(=O)c1cc(C)sc1NC(=S)Nc1ccc([N+](=O)[O-])cc1Cl. The molecular formula is C14H12ClN3O4S2. The molecule has 0 spiro atoms. The number of methoxy groups -OCH3 is 1. The minimum absolute atomic E-state index is 0.119. The monoisotopic (exact) mass is 385 g/mol. The Hall–Kier alpha value is -2.23. The van der Waals surface area contributed by atoms with Gasteiger partial charge in [0.1, 0.15) is 5.00 Å². The Morgan fingerprint density at radius 2 is 2.08 bits per heavy atom. The molecule has 126 valence electrons. The molecule has 0 bridgehead atoms. The molecule has 0 aliphatic rings. The lowest BCUT2D eigenvalue weighted by atomic mass is 10.3. The average Bonchev–Trinajstić information content (AvgIpc) is 2.88. The molecule has 0 aliphatic carbocycles. The summed E-state index contributed by atoms with van der Waals surface area (Å²) in [7, 11) is 1.30. The van der Waals surface area contributed by atoms with Crippen LogP contribution in [0.15, 0.2) is 24.3 Å². The van der Waals surface area contributed by atoms with E-state index in [2.05, 4.69) is 10.6 Å². The van der Waals surface area contributed by atoms with Crippen molar-refractivity contribution < 1.29 is 14.5 Å². The number of hydrogen-bond acceptors (Lipinski definition) is 6. The number of aryl methyl sites for hydroxylation is 1. The molecule has 1 aromatic carbocycles. The molecule has 0 amide bonds. The summed E-state index contributed by atoms with van der Waals surface area (Å²) in [6.07, 6.45) is 0. The second-order valence-electron chi connectivity index (χ2n) is 4.59. The number of nitrogens with one attached hydrogen (secondary N) is 2. The van der Waals surface area contributed by atoms with Crippen LogP contribution in [0.1, 0.15) is 15.2 Å². The summed E-state index contributed by atoms with van der Waals surface area (Å²) in [5, 5.41) is 17.3. The van der Waals surface area contributed by atoms with Crippen LogP contribution in [0.4, 0.5) is 16.4 Å². The van der Waals surface area contributed by atoms with Crippen molar-refractivity contribution in [1.82, 2.24) is 0 Å². The Morgan fingerprint density at radius 1 is 1.38 bits per heavy atom. The molecule has 0 unspecified atom stereocenters. The van der Waals surface area contributed by atoms with Crippen LogP contribution in [-0.2, 0) is 4.74 Å². The van der Waals surface area contributed by atoms with Gasteiger partial charge in [-0.05, 0) is 31.3 Å². The van der Waals surface area contributed by atoms with Gasteiger partial charge >= 0.3 is 5.97 Å². The maximum absolute atomic E-state index is 11.7. The number of carbonyl (C=O) groups excluding carboxylic acids is 1. The predicted octanol–water partition coefficient (Wildman–Crippen LogP) is 4.21. The number of nitro groups is 1. The van der Waals surface area contributed by atoms with E-state index >= 15 is 0 Å². The molecule has 0 atom stereocenters. The van der Waals surface area contributed by atoms with Crippen molar-refractivity contribution >= 4 is 62.6 Å². The average molecular weight is 386 g/mol. The number of esters is 1. The van der Waals surface area contributed by atoms with Crippen molar-refractivity contribution in [2.75, 3.05) is 17.7 Å². The normalized spacial score (nSPS) is 10.1. The largest absolute Gasteiger partial charge is 0.465 e. The van der Waals surface area contributed by atoms with Crippen LogP contribution in [0, 0.1) is 17.0 Å². The third kappa shape index (κ3) is 4.19. The highest BCUT2D eigenvalue weighted by molar-refractivity contribution is 7.80. The Kier molecular flexibility index (Phi) is 5.71. The second-order valence-corrected chi connectivity index (χ2v) is 6.66. The van der Waals surface area contributed by atoms with Crippen LogP contribution in [0.25, 0.3) is 0 Å².